The molecule has 1 aliphatic heterocycles. The van der Waals surface area contributed by atoms with E-state index in [-0.39, 0.29) is 6.03 Å². The zero-order chi connectivity index (χ0) is 10.6. The van der Waals surface area contributed by atoms with Gasteiger partial charge in [-0.3, -0.25) is 0 Å². The van der Waals surface area contributed by atoms with Crippen molar-refractivity contribution < 1.29 is 4.79 Å². The molecule has 0 aromatic rings. The molecule has 0 saturated carbocycles. The van der Waals surface area contributed by atoms with Gasteiger partial charge in [-0.25, -0.2) is 4.79 Å². The summed E-state index contributed by atoms with van der Waals surface area (Å²) in [6, 6.07) is 0.216. The highest BCUT2D eigenvalue weighted by atomic mass is 16.2. The Hall–Kier alpha value is -0.770. The van der Waals surface area contributed by atoms with Gasteiger partial charge in [-0.15, -0.1) is 0 Å². The van der Waals surface area contributed by atoms with Crippen LogP contribution in [0.5, 0.6) is 0 Å². The van der Waals surface area contributed by atoms with Gasteiger partial charge < -0.3 is 14.7 Å². The van der Waals surface area contributed by atoms with E-state index >= 15 is 0 Å². The number of nitrogens with zero attached hydrogens (tertiary/aromatic N) is 3. The smallest absolute Gasteiger partial charge is 0.320 e. The highest BCUT2D eigenvalue weighted by Crippen LogP contribution is 2.08. The van der Waals surface area contributed by atoms with Crippen molar-refractivity contribution in [2.24, 2.45) is 0 Å². The molecule has 0 aromatic heterocycles. The van der Waals surface area contributed by atoms with Gasteiger partial charge in [0.05, 0.1) is 0 Å². The first kappa shape index (κ1) is 11.3. The Morgan fingerprint density at radius 3 is 2.29 bits per heavy atom. The van der Waals surface area contributed by atoms with Gasteiger partial charge in [0.2, 0.25) is 0 Å². The predicted octanol–water partition coefficient (Wildman–Crippen LogP) is 0.696. The zero-order valence-electron chi connectivity index (χ0n) is 9.49. The maximum Gasteiger partial charge on any atom is 0.320 e. The molecule has 14 heavy (non-hydrogen) atoms. The second kappa shape index (κ2) is 5.20. The Bertz CT molecular complexity index is 194. The Morgan fingerprint density at radius 1 is 1.21 bits per heavy atom. The molecule has 4 nitrogen and oxygen atoms in total. The van der Waals surface area contributed by atoms with Crippen LogP contribution in [0.15, 0.2) is 0 Å². The standard InChI is InChI=1S/C10H21N3O/c1-4-5-12-8-9-13(10(12)14)7-6-11(2)3/h4-9H2,1-3H3. The molecule has 82 valence electrons. The summed E-state index contributed by atoms with van der Waals surface area (Å²) in [7, 11) is 4.06. The third-order valence-corrected chi connectivity index (χ3v) is 2.49. The van der Waals surface area contributed by atoms with Crippen LogP contribution in [0.2, 0.25) is 0 Å². The number of carbonyl (C=O) groups excluding carboxylic acids is 1. The van der Waals surface area contributed by atoms with Gasteiger partial charge in [0, 0.05) is 32.7 Å². The molecule has 1 rings (SSSR count). The van der Waals surface area contributed by atoms with Crippen LogP contribution in [0.25, 0.3) is 0 Å². The highest BCUT2D eigenvalue weighted by molar-refractivity contribution is 5.76. The molecule has 4 heteroatoms. The molecular formula is C10H21N3O. The van der Waals surface area contributed by atoms with Crippen LogP contribution in [0.1, 0.15) is 13.3 Å². The lowest BCUT2D eigenvalue weighted by Gasteiger charge is -2.19. The monoisotopic (exact) mass is 199 g/mol. The van der Waals surface area contributed by atoms with Gasteiger partial charge in [-0.2, -0.15) is 0 Å². The van der Waals surface area contributed by atoms with Crippen molar-refractivity contribution in [3.8, 4) is 0 Å². The third-order valence-electron chi connectivity index (χ3n) is 2.49. The van der Waals surface area contributed by atoms with E-state index in [9.17, 15) is 4.79 Å². The molecule has 1 fully saturated rings. The van der Waals surface area contributed by atoms with E-state index in [1.54, 1.807) is 0 Å². The molecule has 0 spiro atoms. The van der Waals surface area contributed by atoms with E-state index in [1.807, 2.05) is 23.9 Å². The summed E-state index contributed by atoms with van der Waals surface area (Å²) in [5, 5.41) is 0. The first-order chi connectivity index (χ1) is 6.65. The summed E-state index contributed by atoms with van der Waals surface area (Å²) in [6.45, 7) is 6.61. The van der Waals surface area contributed by atoms with Gasteiger partial charge in [-0.05, 0) is 20.5 Å². The lowest BCUT2D eigenvalue weighted by atomic mass is 10.4. The van der Waals surface area contributed by atoms with E-state index in [2.05, 4.69) is 11.8 Å². The minimum Gasteiger partial charge on any atom is -0.323 e. The van der Waals surface area contributed by atoms with Crippen LogP contribution < -0.4 is 0 Å². The Morgan fingerprint density at radius 2 is 1.79 bits per heavy atom. The normalized spacial score (nSPS) is 17.3. The number of carbonyl (C=O) groups is 1. The molecular weight excluding hydrogens is 178 g/mol. The topological polar surface area (TPSA) is 26.8 Å². The largest absolute Gasteiger partial charge is 0.323 e. The number of hydrogen-bond donors (Lipinski definition) is 0. The van der Waals surface area contributed by atoms with Crippen molar-refractivity contribution in [2.45, 2.75) is 13.3 Å². The van der Waals surface area contributed by atoms with Crippen LogP contribution in [0.3, 0.4) is 0 Å². The minimum atomic E-state index is 0.216. The van der Waals surface area contributed by atoms with Crippen LogP contribution >= 0.6 is 0 Å². The molecule has 1 heterocycles. The number of rotatable bonds is 5. The van der Waals surface area contributed by atoms with Crippen molar-refractivity contribution >= 4 is 6.03 Å². The number of urea groups is 1. The fourth-order valence-electron chi connectivity index (χ4n) is 1.64. The van der Waals surface area contributed by atoms with Crippen molar-refractivity contribution in [1.29, 1.82) is 0 Å². The molecule has 1 aliphatic rings. The first-order valence-electron chi connectivity index (χ1n) is 5.33. The number of hydrogen-bond acceptors (Lipinski definition) is 2. The third kappa shape index (κ3) is 2.87. The average molecular weight is 199 g/mol. The molecule has 0 radical (unpaired) electrons. The molecule has 1 saturated heterocycles. The fourth-order valence-corrected chi connectivity index (χ4v) is 1.64. The second-order valence-electron chi connectivity index (χ2n) is 4.06. The Kier molecular flexibility index (Phi) is 4.20. The lowest BCUT2D eigenvalue weighted by Crippen LogP contribution is -2.36. The van der Waals surface area contributed by atoms with Gasteiger partial charge in [-0.1, -0.05) is 6.92 Å². The second-order valence-corrected chi connectivity index (χ2v) is 4.06. The summed E-state index contributed by atoms with van der Waals surface area (Å²) in [4.78, 5) is 17.7. The van der Waals surface area contributed by atoms with E-state index in [1.165, 1.54) is 0 Å². The molecule has 0 atom stereocenters. The summed E-state index contributed by atoms with van der Waals surface area (Å²) < 4.78 is 0. The summed E-state index contributed by atoms with van der Waals surface area (Å²) in [5.74, 6) is 0. The van der Waals surface area contributed by atoms with Crippen LogP contribution in [-0.2, 0) is 0 Å². The maximum atomic E-state index is 11.7. The predicted molar refractivity (Wildman–Crippen MR) is 57.4 cm³/mol. The quantitative estimate of drug-likeness (QED) is 0.651. The molecule has 2 amide bonds. The zero-order valence-corrected chi connectivity index (χ0v) is 9.49. The maximum absolute atomic E-state index is 11.7. The number of amides is 2. The summed E-state index contributed by atoms with van der Waals surface area (Å²) in [6.07, 6.45) is 1.05. The number of likely N-dealkylation sites (N-methyl/N-ethyl adjacent to an activating group) is 1. The van der Waals surface area contributed by atoms with Gasteiger partial charge in [0.1, 0.15) is 0 Å². The van der Waals surface area contributed by atoms with E-state index < -0.39 is 0 Å². The van der Waals surface area contributed by atoms with Gasteiger partial charge in [0.15, 0.2) is 0 Å². The average Bonchev–Trinajstić information content (AvgIpc) is 2.46. The Balaban J connectivity index is 2.32. The Labute approximate surface area is 86.5 Å². The van der Waals surface area contributed by atoms with E-state index in [4.69, 9.17) is 0 Å². The van der Waals surface area contributed by atoms with Crippen molar-refractivity contribution in [3.63, 3.8) is 0 Å². The minimum absolute atomic E-state index is 0.216. The van der Waals surface area contributed by atoms with Gasteiger partial charge in [0.25, 0.3) is 0 Å². The van der Waals surface area contributed by atoms with Crippen LogP contribution in [0.4, 0.5) is 4.79 Å². The van der Waals surface area contributed by atoms with E-state index in [0.29, 0.717) is 0 Å². The van der Waals surface area contributed by atoms with Crippen LogP contribution in [-0.4, -0.2) is 67.5 Å². The molecule has 0 bridgehead atoms. The molecule has 0 unspecified atom stereocenters. The van der Waals surface area contributed by atoms with E-state index in [0.717, 1.165) is 39.1 Å². The fraction of sp³-hybridized carbons (Fsp3) is 0.900. The highest BCUT2D eigenvalue weighted by Gasteiger charge is 2.26. The summed E-state index contributed by atoms with van der Waals surface area (Å²) >= 11 is 0. The molecule has 0 aromatic carbocycles. The first-order valence-corrected chi connectivity index (χ1v) is 5.33. The molecule has 0 aliphatic carbocycles. The lowest BCUT2D eigenvalue weighted by molar-refractivity contribution is 0.188. The summed E-state index contributed by atoms with van der Waals surface area (Å²) in [5.41, 5.74) is 0. The molecule has 0 N–H and O–H groups in total. The van der Waals surface area contributed by atoms with Crippen molar-refractivity contribution in [2.75, 3.05) is 46.8 Å². The SMILES string of the molecule is CCCN1CCN(CCN(C)C)C1=O. The van der Waals surface area contributed by atoms with Gasteiger partial charge >= 0.3 is 6.03 Å². The van der Waals surface area contributed by atoms with Crippen molar-refractivity contribution in [1.82, 2.24) is 14.7 Å². The van der Waals surface area contributed by atoms with Crippen LogP contribution in [0, 0.1) is 0 Å². The van der Waals surface area contributed by atoms with Crippen molar-refractivity contribution in [3.05, 3.63) is 0 Å².